The molecule has 1 aromatic heterocycles. The molecular formula is C13H23N3O. The van der Waals surface area contributed by atoms with E-state index in [1.54, 1.807) is 6.20 Å². The zero-order valence-corrected chi connectivity index (χ0v) is 10.7. The smallest absolute Gasteiger partial charge is 0.127 e. The molecule has 1 rings (SSSR count). The molecule has 1 aromatic rings. The monoisotopic (exact) mass is 237 g/mol. The van der Waals surface area contributed by atoms with Gasteiger partial charge < -0.3 is 15.7 Å². The van der Waals surface area contributed by atoms with E-state index in [9.17, 15) is 0 Å². The minimum Gasteiger partial charge on any atom is -0.393 e. The van der Waals surface area contributed by atoms with Gasteiger partial charge in [-0.25, -0.2) is 4.98 Å². The highest BCUT2D eigenvalue weighted by Crippen LogP contribution is 2.12. The van der Waals surface area contributed by atoms with Crippen molar-refractivity contribution in [1.29, 1.82) is 0 Å². The second-order valence-electron chi connectivity index (χ2n) is 4.27. The van der Waals surface area contributed by atoms with Crippen LogP contribution in [0.15, 0.2) is 18.3 Å². The molecule has 3 N–H and O–H groups in total. The second kappa shape index (κ2) is 7.90. The van der Waals surface area contributed by atoms with Crippen LogP contribution in [0.3, 0.4) is 0 Å². The molecular weight excluding hydrogens is 214 g/mol. The molecule has 0 amide bonds. The van der Waals surface area contributed by atoms with Crippen LogP contribution in [0.25, 0.3) is 0 Å². The fraction of sp³-hybridized carbons (Fsp3) is 0.615. The molecule has 0 saturated carbocycles. The lowest BCUT2D eigenvalue weighted by atomic mass is 10.2. The molecule has 1 heterocycles. The molecule has 0 aliphatic carbocycles. The Morgan fingerprint density at radius 3 is 2.88 bits per heavy atom. The lowest BCUT2D eigenvalue weighted by Crippen LogP contribution is -2.07. The summed E-state index contributed by atoms with van der Waals surface area (Å²) in [5, 5.41) is 15.7. The molecule has 17 heavy (non-hydrogen) atoms. The fourth-order valence-electron chi connectivity index (χ4n) is 1.52. The molecule has 0 radical (unpaired) electrons. The van der Waals surface area contributed by atoms with Gasteiger partial charge in [0, 0.05) is 31.0 Å². The molecule has 1 atom stereocenters. The Kier molecular flexibility index (Phi) is 6.40. The van der Waals surface area contributed by atoms with Crippen LogP contribution in [0, 0.1) is 0 Å². The number of pyridine rings is 1. The van der Waals surface area contributed by atoms with Gasteiger partial charge in [0.05, 0.1) is 6.10 Å². The quantitative estimate of drug-likeness (QED) is 0.608. The van der Waals surface area contributed by atoms with E-state index in [1.165, 1.54) is 0 Å². The summed E-state index contributed by atoms with van der Waals surface area (Å²) in [5.41, 5.74) is 1.07. The van der Waals surface area contributed by atoms with E-state index in [-0.39, 0.29) is 6.10 Å². The minimum absolute atomic E-state index is 0.212. The first-order chi connectivity index (χ1) is 8.22. The van der Waals surface area contributed by atoms with Crippen molar-refractivity contribution in [1.82, 2.24) is 4.98 Å². The average molecular weight is 237 g/mol. The van der Waals surface area contributed by atoms with Crippen molar-refractivity contribution in [2.75, 3.05) is 23.7 Å². The van der Waals surface area contributed by atoms with Crippen LogP contribution in [0.1, 0.15) is 33.1 Å². The number of hydrogen-bond donors (Lipinski definition) is 3. The first-order valence-corrected chi connectivity index (χ1v) is 6.34. The predicted molar refractivity (Wildman–Crippen MR) is 72.4 cm³/mol. The molecule has 0 aliphatic heterocycles. The SMILES string of the molecule is CCCNc1cc(NCCCC(C)O)ccn1. The summed E-state index contributed by atoms with van der Waals surface area (Å²) in [5.74, 6) is 0.910. The van der Waals surface area contributed by atoms with Gasteiger partial charge in [-0.1, -0.05) is 6.92 Å². The van der Waals surface area contributed by atoms with Crippen molar-refractivity contribution < 1.29 is 5.11 Å². The van der Waals surface area contributed by atoms with E-state index in [0.29, 0.717) is 0 Å². The third-order valence-electron chi connectivity index (χ3n) is 2.44. The second-order valence-corrected chi connectivity index (χ2v) is 4.27. The molecule has 4 heteroatoms. The van der Waals surface area contributed by atoms with Crippen molar-refractivity contribution in [2.24, 2.45) is 0 Å². The summed E-state index contributed by atoms with van der Waals surface area (Å²) in [6.07, 6.45) is 4.48. The maximum absolute atomic E-state index is 9.14. The molecule has 0 saturated heterocycles. The largest absolute Gasteiger partial charge is 0.393 e. The van der Waals surface area contributed by atoms with E-state index in [0.717, 1.165) is 43.9 Å². The van der Waals surface area contributed by atoms with Gasteiger partial charge >= 0.3 is 0 Å². The van der Waals surface area contributed by atoms with Crippen LogP contribution in [-0.4, -0.2) is 29.3 Å². The van der Waals surface area contributed by atoms with Crippen molar-refractivity contribution in [3.63, 3.8) is 0 Å². The zero-order valence-electron chi connectivity index (χ0n) is 10.7. The van der Waals surface area contributed by atoms with Crippen LogP contribution in [0.2, 0.25) is 0 Å². The van der Waals surface area contributed by atoms with Gasteiger partial charge in [0.2, 0.25) is 0 Å². The Labute approximate surface area is 103 Å². The summed E-state index contributed by atoms with van der Waals surface area (Å²) in [6, 6.07) is 3.97. The van der Waals surface area contributed by atoms with Crippen LogP contribution in [0.5, 0.6) is 0 Å². The Balaban J connectivity index is 2.32. The number of aliphatic hydroxyl groups excluding tert-OH is 1. The van der Waals surface area contributed by atoms with Crippen LogP contribution >= 0.6 is 0 Å². The van der Waals surface area contributed by atoms with Gasteiger partial charge in [0.15, 0.2) is 0 Å². The standard InChI is InChI=1S/C13H23N3O/c1-3-7-15-13-10-12(6-9-16-13)14-8-4-5-11(2)17/h6,9-11,17H,3-5,7-8H2,1-2H3,(H2,14,15,16). The molecule has 96 valence electrons. The molecule has 0 fully saturated rings. The Hall–Kier alpha value is -1.29. The van der Waals surface area contributed by atoms with E-state index in [2.05, 4.69) is 22.5 Å². The van der Waals surface area contributed by atoms with Gasteiger partial charge in [-0.15, -0.1) is 0 Å². The lowest BCUT2D eigenvalue weighted by Gasteiger charge is -2.09. The summed E-state index contributed by atoms with van der Waals surface area (Å²) < 4.78 is 0. The molecule has 0 spiro atoms. The number of nitrogens with one attached hydrogen (secondary N) is 2. The van der Waals surface area contributed by atoms with Crippen molar-refractivity contribution in [2.45, 2.75) is 39.2 Å². The average Bonchev–Trinajstić information content (AvgIpc) is 2.32. The molecule has 4 nitrogen and oxygen atoms in total. The minimum atomic E-state index is -0.212. The maximum Gasteiger partial charge on any atom is 0.127 e. The summed E-state index contributed by atoms with van der Waals surface area (Å²) in [4.78, 5) is 4.24. The topological polar surface area (TPSA) is 57.2 Å². The summed E-state index contributed by atoms with van der Waals surface area (Å²) in [7, 11) is 0. The van der Waals surface area contributed by atoms with E-state index < -0.39 is 0 Å². The van der Waals surface area contributed by atoms with Crippen molar-refractivity contribution in [3.8, 4) is 0 Å². The number of aromatic nitrogens is 1. The highest BCUT2D eigenvalue weighted by Gasteiger charge is 1.97. The number of rotatable bonds is 8. The van der Waals surface area contributed by atoms with E-state index in [4.69, 9.17) is 5.11 Å². The van der Waals surface area contributed by atoms with Gasteiger partial charge in [-0.3, -0.25) is 0 Å². The van der Waals surface area contributed by atoms with E-state index >= 15 is 0 Å². The normalized spacial score (nSPS) is 12.2. The maximum atomic E-state index is 9.14. The highest BCUT2D eigenvalue weighted by atomic mass is 16.3. The Morgan fingerprint density at radius 2 is 2.18 bits per heavy atom. The van der Waals surface area contributed by atoms with Crippen LogP contribution in [-0.2, 0) is 0 Å². The van der Waals surface area contributed by atoms with Crippen molar-refractivity contribution >= 4 is 11.5 Å². The number of nitrogens with zero attached hydrogens (tertiary/aromatic N) is 1. The number of hydrogen-bond acceptors (Lipinski definition) is 4. The lowest BCUT2D eigenvalue weighted by molar-refractivity contribution is 0.183. The third-order valence-corrected chi connectivity index (χ3v) is 2.44. The van der Waals surface area contributed by atoms with Crippen LogP contribution < -0.4 is 10.6 Å². The van der Waals surface area contributed by atoms with Gasteiger partial charge in [-0.05, 0) is 32.3 Å². The molecule has 0 aliphatic rings. The van der Waals surface area contributed by atoms with E-state index in [1.807, 2.05) is 19.1 Å². The highest BCUT2D eigenvalue weighted by molar-refractivity contribution is 5.51. The molecule has 0 aromatic carbocycles. The van der Waals surface area contributed by atoms with Crippen molar-refractivity contribution in [3.05, 3.63) is 18.3 Å². The molecule has 1 unspecified atom stereocenters. The fourth-order valence-corrected chi connectivity index (χ4v) is 1.52. The van der Waals surface area contributed by atoms with Crippen LogP contribution in [0.4, 0.5) is 11.5 Å². The van der Waals surface area contributed by atoms with Gasteiger partial charge in [0.25, 0.3) is 0 Å². The summed E-state index contributed by atoms with van der Waals surface area (Å²) in [6.45, 7) is 5.77. The number of anilines is 2. The third kappa shape index (κ3) is 6.12. The summed E-state index contributed by atoms with van der Waals surface area (Å²) >= 11 is 0. The van der Waals surface area contributed by atoms with Gasteiger partial charge in [-0.2, -0.15) is 0 Å². The zero-order chi connectivity index (χ0) is 12.5. The first kappa shape index (κ1) is 13.8. The molecule has 0 bridgehead atoms. The predicted octanol–water partition coefficient (Wildman–Crippen LogP) is 2.48. The Morgan fingerprint density at radius 1 is 1.35 bits per heavy atom. The van der Waals surface area contributed by atoms with Gasteiger partial charge in [0.1, 0.15) is 5.82 Å². The first-order valence-electron chi connectivity index (χ1n) is 6.34. The number of aliphatic hydroxyl groups is 1. The Bertz CT molecular complexity index is 315.